The lowest BCUT2D eigenvalue weighted by Crippen LogP contribution is -2.23. The second-order valence-corrected chi connectivity index (χ2v) is 5.95. The third kappa shape index (κ3) is 2.91. The summed E-state index contributed by atoms with van der Waals surface area (Å²) in [6.45, 7) is 7.34. The topological polar surface area (TPSA) is 37.8 Å². The van der Waals surface area contributed by atoms with Gasteiger partial charge in [0.25, 0.3) is 0 Å². The van der Waals surface area contributed by atoms with E-state index in [1.165, 1.54) is 4.88 Å². The van der Waals surface area contributed by atoms with Crippen molar-refractivity contribution in [2.45, 2.75) is 33.2 Å². The Morgan fingerprint density at radius 1 is 1.41 bits per heavy atom. The fourth-order valence-corrected chi connectivity index (χ4v) is 3.18. The maximum atomic E-state index is 4.64. The minimum atomic E-state index is 0.151. The molecule has 0 bridgehead atoms. The fourth-order valence-electron chi connectivity index (χ4n) is 1.59. The lowest BCUT2D eigenvalue weighted by Gasteiger charge is -2.13. The second-order valence-electron chi connectivity index (χ2n) is 3.99. The number of hydrogen-bond donors (Lipinski definition) is 1. The molecule has 5 heteroatoms. The van der Waals surface area contributed by atoms with Gasteiger partial charge in [-0.2, -0.15) is 0 Å². The van der Waals surface area contributed by atoms with Crippen molar-refractivity contribution < 1.29 is 0 Å². The molecule has 2 heterocycles. The fraction of sp³-hybridized carbons (Fsp3) is 0.500. The van der Waals surface area contributed by atoms with Gasteiger partial charge in [-0.1, -0.05) is 6.92 Å². The van der Waals surface area contributed by atoms with E-state index < -0.39 is 0 Å². The largest absolute Gasteiger partial charge is 0.303 e. The Bertz CT molecular complexity index is 443. The Hall–Kier alpha value is -0.780. The first kappa shape index (κ1) is 12.7. The summed E-state index contributed by atoms with van der Waals surface area (Å²) in [4.78, 5) is 10.3. The van der Waals surface area contributed by atoms with Crippen molar-refractivity contribution in [3.63, 3.8) is 0 Å². The van der Waals surface area contributed by atoms with Crippen LogP contribution in [0.3, 0.4) is 0 Å². The van der Waals surface area contributed by atoms with E-state index in [9.17, 15) is 0 Å². The molecule has 0 fully saturated rings. The number of hydrogen-bond acceptors (Lipinski definition) is 5. The molecule has 0 aliphatic carbocycles. The quantitative estimate of drug-likeness (QED) is 0.903. The highest BCUT2D eigenvalue weighted by Crippen LogP contribution is 2.27. The van der Waals surface area contributed by atoms with Gasteiger partial charge in [-0.3, -0.25) is 0 Å². The summed E-state index contributed by atoms with van der Waals surface area (Å²) in [6.07, 6.45) is 1.12. The zero-order chi connectivity index (χ0) is 12.3. The summed E-state index contributed by atoms with van der Waals surface area (Å²) >= 11 is 3.39. The van der Waals surface area contributed by atoms with Gasteiger partial charge >= 0.3 is 0 Å². The summed E-state index contributed by atoms with van der Waals surface area (Å²) in [5, 5.41) is 6.74. The van der Waals surface area contributed by atoms with Gasteiger partial charge in [0.2, 0.25) is 0 Å². The molecule has 0 amide bonds. The number of nitrogens with zero attached hydrogens (tertiary/aromatic N) is 2. The van der Waals surface area contributed by atoms with Gasteiger partial charge in [0.1, 0.15) is 11.0 Å². The van der Waals surface area contributed by atoms with Crippen LogP contribution in [0.15, 0.2) is 10.9 Å². The van der Waals surface area contributed by atoms with E-state index in [1.807, 2.05) is 5.51 Å². The SMILES string of the molecule is CCCNC(c1cscn1)c1nc(C)c(C)s1. The number of aryl methyl sites for hydroxylation is 2. The van der Waals surface area contributed by atoms with Crippen molar-refractivity contribution >= 4 is 22.7 Å². The zero-order valence-electron chi connectivity index (χ0n) is 10.4. The molecule has 2 aromatic rings. The molecule has 2 aromatic heterocycles. The second kappa shape index (κ2) is 5.71. The van der Waals surface area contributed by atoms with Crippen LogP contribution in [0.25, 0.3) is 0 Å². The summed E-state index contributed by atoms with van der Waals surface area (Å²) in [5.41, 5.74) is 4.09. The summed E-state index contributed by atoms with van der Waals surface area (Å²) < 4.78 is 0. The van der Waals surface area contributed by atoms with E-state index in [0.29, 0.717) is 0 Å². The average molecular weight is 267 g/mol. The first-order valence-corrected chi connectivity index (χ1v) is 7.53. The molecule has 0 aliphatic rings. The van der Waals surface area contributed by atoms with Gasteiger partial charge in [-0.15, -0.1) is 22.7 Å². The van der Waals surface area contributed by atoms with E-state index in [4.69, 9.17) is 0 Å². The van der Waals surface area contributed by atoms with Gasteiger partial charge < -0.3 is 5.32 Å². The number of aromatic nitrogens is 2. The Labute approximate surface area is 110 Å². The molecule has 3 nitrogen and oxygen atoms in total. The van der Waals surface area contributed by atoms with E-state index in [0.717, 1.165) is 29.4 Å². The summed E-state index contributed by atoms with van der Waals surface area (Å²) in [7, 11) is 0. The molecule has 1 atom stereocenters. The molecule has 0 aliphatic heterocycles. The summed E-state index contributed by atoms with van der Waals surface area (Å²) in [5.74, 6) is 0. The van der Waals surface area contributed by atoms with Gasteiger partial charge in [-0.05, 0) is 26.8 Å². The first-order chi connectivity index (χ1) is 8.22. The third-order valence-corrected chi connectivity index (χ3v) is 4.38. The van der Waals surface area contributed by atoms with E-state index >= 15 is 0 Å². The van der Waals surface area contributed by atoms with Crippen molar-refractivity contribution in [2.75, 3.05) is 6.54 Å². The molecule has 0 spiro atoms. The predicted octanol–water partition coefficient (Wildman–Crippen LogP) is 3.31. The van der Waals surface area contributed by atoms with Crippen molar-refractivity contribution in [2.24, 2.45) is 0 Å². The van der Waals surface area contributed by atoms with E-state index in [-0.39, 0.29) is 6.04 Å². The van der Waals surface area contributed by atoms with Crippen LogP contribution in [0.5, 0.6) is 0 Å². The van der Waals surface area contributed by atoms with Crippen molar-refractivity contribution in [1.82, 2.24) is 15.3 Å². The van der Waals surface area contributed by atoms with Crippen molar-refractivity contribution in [3.05, 3.63) is 32.2 Å². The van der Waals surface area contributed by atoms with Gasteiger partial charge in [0.05, 0.1) is 16.9 Å². The minimum absolute atomic E-state index is 0.151. The highest BCUT2D eigenvalue weighted by molar-refractivity contribution is 7.11. The first-order valence-electron chi connectivity index (χ1n) is 5.77. The number of nitrogens with one attached hydrogen (secondary N) is 1. The average Bonchev–Trinajstić information content (AvgIpc) is 2.92. The molecule has 17 heavy (non-hydrogen) atoms. The minimum Gasteiger partial charge on any atom is -0.303 e. The smallest absolute Gasteiger partial charge is 0.116 e. The highest BCUT2D eigenvalue weighted by Gasteiger charge is 2.19. The van der Waals surface area contributed by atoms with Crippen LogP contribution in [-0.2, 0) is 0 Å². The molecule has 0 saturated heterocycles. The molecule has 0 saturated carbocycles. The Morgan fingerprint density at radius 3 is 2.76 bits per heavy atom. The van der Waals surface area contributed by atoms with Gasteiger partial charge in [-0.25, -0.2) is 9.97 Å². The lowest BCUT2D eigenvalue weighted by atomic mass is 10.2. The van der Waals surface area contributed by atoms with Crippen LogP contribution in [0.2, 0.25) is 0 Å². The van der Waals surface area contributed by atoms with E-state index in [1.54, 1.807) is 22.7 Å². The molecule has 1 N–H and O–H groups in total. The molecular weight excluding hydrogens is 250 g/mol. The monoisotopic (exact) mass is 267 g/mol. The maximum Gasteiger partial charge on any atom is 0.116 e. The third-order valence-electron chi connectivity index (χ3n) is 2.64. The van der Waals surface area contributed by atoms with Crippen LogP contribution in [-0.4, -0.2) is 16.5 Å². The number of rotatable bonds is 5. The molecule has 2 rings (SSSR count). The normalized spacial score (nSPS) is 12.9. The Morgan fingerprint density at radius 2 is 2.24 bits per heavy atom. The highest BCUT2D eigenvalue weighted by atomic mass is 32.1. The van der Waals surface area contributed by atoms with Crippen LogP contribution in [0.4, 0.5) is 0 Å². The summed E-state index contributed by atoms with van der Waals surface area (Å²) in [6, 6.07) is 0.151. The van der Waals surface area contributed by atoms with E-state index in [2.05, 4.69) is 41.4 Å². The van der Waals surface area contributed by atoms with Crippen LogP contribution < -0.4 is 5.32 Å². The molecule has 92 valence electrons. The lowest BCUT2D eigenvalue weighted by molar-refractivity contribution is 0.585. The zero-order valence-corrected chi connectivity index (χ0v) is 12.0. The van der Waals surface area contributed by atoms with Crippen molar-refractivity contribution in [1.29, 1.82) is 0 Å². The standard InChI is InChI=1S/C12H17N3S2/c1-4-5-13-11(10-6-16-7-14-10)12-15-8(2)9(3)17-12/h6-7,11,13H,4-5H2,1-3H3. The molecule has 0 aromatic carbocycles. The van der Waals surface area contributed by atoms with Crippen LogP contribution in [0, 0.1) is 13.8 Å². The maximum absolute atomic E-state index is 4.64. The molecular formula is C12H17N3S2. The van der Waals surface area contributed by atoms with Crippen molar-refractivity contribution in [3.8, 4) is 0 Å². The Balaban J connectivity index is 2.26. The molecule has 1 unspecified atom stereocenters. The van der Waals surface area contributed by atoms with Gasteiger partial charge in [0, 0.05) is 10.3 Å². The van der Waals surface area contributed by atoms with Crippen LogP contribution >= 0.6 is 22.7 Å². The predicted molar refractivity (Wildman–Crippen MR) is 73.8 cm³/mol. The van der Waals surface area contributed by atoms with Gasteiger partial charge in [0.15, 0.2) is 0 Å². The molecule has 0 radical (unpaired) electrons. The number of thiazole rings is 2. The van der Waals surface area contributed by atoms with Crippen LogP contribution in [0.1, 0.15) is 40.7 Å². The Kier molecular flexibility index (Phi) is 4.25.